The molecule has 0 aliphatic rings. The highest BCUT2D eigenvalue weighted by Crippen LogP contribution is 2.26. The zero-order valence-electron chi connectivity index (χ0n) is 12.1. The van der Waals surface area contributed by atoms with Gasteiger partial charge in [-0.25, -0.2) is 12.8 Å². The summed E-state index contributed by atoms with van der Waals surface area (Å²) < 4.78 is 35.7. The van der Waals surface area contributed by atoms with E-state index < -0.39 is 15.3 Å². The molecular weight excluding hydrogens is 279 g/mol. The number of carbonyl (C=O) groups excluding carboxylic acids is 1. The Kier molecular flexibility index (Phi) is 5.45. The second-order valence-electron chi connectivity index (χ2n) is 5.39. The fourth-order valence-electron chi connectivity index (χ4n) is 1.94. The predicted octanol–water partition coefficient (Wildman–Crippen LogP) is 2.89. The Morgan fingerprint density at radius 1 is 1.20 bits per heavy atom. The Bertz CT molecular complexity index is 559. The van der Waals surface area contributed by atoms with Crippen LogP contribution in [0.1, 0.15) is 39.2 Å². The summed E-state index contributed by atoms with van der Waals surface area (Å²) >= 11 is 0. The molecule has 0 aromatic heterocycles. The lowest BCUT2D eigenvalue weighted by Crippen LogP contribution is -2.29. The van der Waals surface area contributed by atoms with Crippen molar-refractivity contribution in [3.8, 4) is 0 Å². The van der Waals surface area contributed by atoms with Gasteiger partial charge in [0.25, 0.3) is 0 Å². The summed E-state index contributed by atoms with van der Waals surface area (Å²) in [5.41, 5.74) is 0.00573. The van der Waals surface area contributed by atoms with Crippen molar-refractivity contribution in [2.24, 2.45) is 0 Å². The van der Waals surface area contributed by atoms with E-state index in [0.29, 0.717) is 6.42 Å². The van der Waals surface area contributed by atoms with Crippen LogP contribution in [0.2, 0.25) is 0 Å². The van der Waals surface area contributed by atoms with Gasteiger partial charge in [-0.05, 0) is 38.0 Å². The first-order valence-corrected chi connectivity index (χ1v) is 8.51. The first kappa shape index (κ1) is 16.8. The van der Waals surface area contributed by atoms with Crippen molar-refractivity contribution >= 4 is 15.6 Å². The number of hydrogen-bond donors (Lipinski definition) is 0. The van der Waals surface area contributed by atoms with Gasteiger partial charge >= 0.3 is 0 Å². The van der Waals surface area contributed by atoms with Crippen molar-refractivity contribution in [2.75, 3.05) is 11.5 Å². The van der Waals surface area contributed by atoms with E-state index in [-0.39, 0.29) is 29.5 Å². The predicted molar refractivity (Wildman–Crippen MR) is 78.0 cm³/mol. The van der Waals surface area contributed by atoms with Crippen LogP contribution in [0.4, 0.5) is 4.39 Å². The van der Waals surface area contributed by atoms with Crippen LogP contribution in [0.3, 0.4) is 0 Å². The van der Waals surface area contributed by atoms with E-state index in [0.717, 1.165) is 5.56 Å². The van der Waals surface area contributed by atoms with E-state index in [2.05, 4.69) is 0 Å². The normalized spacial score (nSPS) is 12.4. The maximum absolute atomic E-state index is 12.9. The van der Waals surface area contributed by atoms with E-state index >= 15 is 0 Å². The van der Waals surface area contributed by atoms with Crippen molar-refractivity contribution < 1.29 is 17.6 Å². The Morgan fingerprint density at radius 3 is 2.25 bits per heavy atom. The smallest absolute Gasteiger partial charge is 0.150 e. The van der Waals surface area contributed by atoms with Gasteiger partial charge in [0, 0.05) is 17.6 Å². The van der Waals surface area contributed by atoms with E-state index in [1.807, 2.05) is 0 Å². The van der Waals surface area contributed by atoms with E-state index in [1.54, 1.807) is 32.9 Å². The second-order valence-corrected chi connectivity index (χ2v) is 7.87. The van der Waals surface area contributed by atoms with Gasteiger partial charge in [0.2, 0.25) is 0 Å². The van der Waals surface area contributed by atoms with Crippen molar-refractivity contribution in [3.05, 3.63) is 35.6 Å². The van der Waals surface area contributed by atoms with E-state index in [4.69, 9.17) is 0 Å². The minimum absolute atomic E-state index is 0.0320. The number of hydrogen-bond acceptors (Lipinski definition) is 3. The summed E-state index contributed by atoms with van der Waals surface area (Å²) in [7, 11) is -3.03. The first-order valence-electron chi connectivity index (χ1n) is 6.69. The molecule has 112 valence electrons. The molecule has 0 saturated carbocycles. The van der Waals surface area contributed by atoms with Gasteiger partial charge in [0.15, 0.2) is 0 Å². The summed E-state index contributed by atoms with van der Waals surface area (Å²) in [6.45, 7) is 5.15. The fraction of sp³-hybridized carbons (Fsp3) is 0.533. The fourth-order valence-corrected chi connectivity index (χ4v) is 2.81. The van der Waals surface area contributed by atoms with Crippen LogP contribution in [0.15, 0.2) is 24.3 Å². The molecule has 0 radical (unpaired) electrons. The third-order valence-electron chi connectivity index (χ3n) is 3.56. The van der Waals surface area contributed by atoms with Crippen LogP contribution in [-0.4, -0.2) is 25.7 Å². The summed E-state index contributed by atoms with van der Waals surface area (Å²) in [6, 6.07) is 5.84. The lowest BCUT2D eigenvalue weighted by molar-refractivity contribution is -0.123. The highest BCUT2D eigenvalue weighted by molar-refractivity contribution is 7.91. The minimum Gasteiger partial charge on any atom is -0.299 e. The quantitative estimate of drug-likeness (QED) is 0.778. The van der Waals surface area contributed by atoms with Crippen LogP contribution in [0.25, 0.3) is 0 Å². The van der Waals surface area contributed by atoms with Gasteiger partial charge < -0.3 is 0 Å². The second kappa shape index (κ2) is 6.48. The topological polar surface area (TPSA) is 51.2 Å². The van der Waals surface area contributed by atoms with Crippen LogP contribution >= 0.6 is 0 Å². The molecule has 3 nitrogen and oxygen atoms in total. The van der Waals surface area contributed by atoms with Gasteiger partial charge in [-0.2, -0.15) is 0 Å². The molecule has 0 atom stereocenters. The molecule has 0 heterocycles. The van der Waals surface area contributed by atoms with Crippen molar-refractivity contribution in [2.45, 2.75) is 39.0 Å². The molecule has 0 amide bonds. The lowest BCUT2D eigenvalue weighted by Gasteiger charge is -2.23. The van der Waals surface area contributed by atoms with Gasteiger partial charge in [0.05, 0.1) is 5.75 Å². The van der Waals surface area contributed by atoms with Crippen LogP contribution in [0, 0.1) is 5.82 Å². The van der Waals surface area contributed by atoms with Gasteiger partial charge in [-0.3, -0.25) is 4.79 Å². The van der Waals surface area contributed by atoms with E-state index in [9.17, 15) is 17.6 Å². The molecule has 0 spiro atoms. The third-order valence-corrected chi connectivity index (χ3v) is 5.35. The average Bonchev–Trinajstić information content (AvgIpc) is 2.39. The number of Topliss-reactive ketones (excluding diaryl/α,β-unsaturated/α-hetero) is 1. The lowest BCUT2D eigenvalue weighted by atomic mass is 9.79. The molecule has 5 heteroatoms. The van der Waals surface area contributed by atoms with Crippen LogP contribution in [-0.2, 0) is 20.0 Å². The summed E-state index contributed by atoms with van der Waals surface area (Å²) in [5.74, 6) is -0.237. The first-order chi connectivity index (χ1) is 9.19. The largest absolute Gasteiger partial charge is 0.299 e. The standard InChI is InChI=1S/C15H21FO3S/c1-4-20(18,19)11-5-6-14(17)15(2,3)12-7-9-13(16)10-8-12/h7-10H,4-6,11H2,1-3H3. The summed E-state index contributed by atoms with van der Waals surface area (Å²) in [5, 5.41) is 0. The average molecular weight is 300 g/mol. The van der Waals surface area contributed by atoms with Gasteiger partial charge in [-0.1, -0.05) is 19.1 Å². The van der Waals surface area contributed by atoms with Crippen molar-refractivity contribution in [1.82, 2.24) is 0 Å². The molecule has 0 N–H and O–H groups in total. The van der Waals surface area contributed by atoms with Crippen LogP contribution < -0.4 is 0 Å². The molecule has 1 aromatic carbocycles. The zero-order valence-corrected chi connectivity index (χ0v) is 13.0. The molecule has 20 heavy (non-hydrogen) atoms. The number of halogens is 1. The van der Waals surface area contributed by atoms with Crippen molar-refractivity contribution in [3.63, 3.8) is 0 Å². The number of sulfone groups is 1. The van der Waals surface area contributed by atoms with Crippen LogP contribution in [0.5, 0.6) is 0 Å². The van der Waals surface area contributed by atoms with Gasteiger partial charge in [-0.15, -0.1) is 0 Å². The number of rotatable bonds is 7. The number of ketones is 1. The molecule has 0 bridgehead atoms. The Hall–Kier alpha value is -1.23. The minimum atomic E-state index is -3.03. The number of benzene rings is 1. The molecule has 0 aliphatic carbocycles. The van der Waals surface area contributed by atoms with E-state index in [1.165, 1.54) is 12.1 Å². The Labute approximate surface area is 120 Å². The molecule has 0 unspecified atom stereocenters. The molecule has 0 saturated heterocycles. The Morgan fingerprint density at radius 2 is 1.75 bits per heavy atom. The highest BCUT2D eigenvalue weighted by Gasteiger charge is 2.29. The molecular formula is C15H21FO3S. The monoisotopic (exact) mass is 300 g/mol. The maximum atomic E-state index is 12.9. The third kappa shape index (κ3) is 4.40. The number of carbonyl (C=O) groups is 1. The highest BCUT2D eigenvalue weighted by atomic mass is 32.2. The zero-order chi connectivity index (χ0) is 15.4. The summed E-state index contributed by atoms with van der Waals surface area (Å²) in [4.78, 5) is 12.2. The SMILES string of the molecule is CCS(=O)(=O)CCCC(=O)C(C)(C)c1ccc(F)cc1. The van der Waals surface area contributed by atoms with Crippen molar-refractivity contribution in [1.29, 1.82) is 0 Å². The molecule has 0 aliphatic heterocycles. The maximum Gasteiger partial charge on any atom is 0.150 e. The van der Waals surface area contributed by atoms with Gasteiger partial charge in [0.1, 0.15) is 21.4 Å². The molecule has 1 aromatic rings. The summed E-state index contributed by atoms with van der Waals surface area (Å²) in [6.07, 6.45) is 0.545. The molecule has 0 fully saturated rings. The Balaban J connectivity index is 2.68. The molecule has 1 rings (SSSR count).